The van der Waals surface area contributed by atoms with E-state index in [1.165, 1.54) is 0 Å². The first-order valence-electron chi connectivity index (χ1n) is 8.04. The molecule has 2 aromatic rings. The predicted octanol–water partition coefficient (Wildman–Crippen LogP) is 2.80. The summed E-state index contributed by atoms with van der Waals surface area (Å²) in [5.41, 5.74) is 1.02. The van der Waals surface area contributed by atoms with Gasteiger partial charge in [0, 0.05) is 12.0 Å². The second-order valence-electron chi connectivity index (χ2n) is 6.45. The number of nitrogens with one attached hydrogen (secondary N) is 1. The molecule has 2 aliphatic rings. The number of hydrogen-bond acceptors (Lipinski definition) is 2. The molecule has 1 heterocycles. The molecule has 1 aliphatic carbocycles. The molecule has 2 aromatic carbocycles. The minimum Gasteiger partial charge on any atom is -0.374 e. The molecule has 0 bridgehead atoms. The summed E-state index contributed by atoms with van der Waals surface area (Å²) in [6, 6.07) is 12.1. The highest BCUT2D eigenvalue weighted by molar-refractivity contribution is 5.55. The van der Waals surface area contributed by atoms with Crippen molar-refractivity contribution in [3.63, 3.8) is 0 Å². The fourth-order valence-corrected chi connectivity index (χ4v) is 4.00. The SMILES string of the molecule is OC1(c2ccccc2)c2c(ccc3c2CCNCC3)CC1(F)F. The lowest BCUT2D eigenvalue weighted by Gasteiger charge is -2.33. The molecule has 1 unspecified atom stereocenters. The molecule has 2 nitrogen and oxygen atoms in total. The van der Waals surface area contributed by atoms with E-state index in [4.69, 9.17) is 0 Å². The molecule has 0 saturated carbocycles. The van der Waals surface area contributed by atoms with Gasteiger partial charge in [-0.15, -0.1) is 0 Å². The highest BCUT2D eigenvalue weighted by atomic mass is 19.3. The summed E-state index contributed by atoms with van der Waals surface area (Å²) >= 11 is 0. The van der Waals surface area contributed by atoms with E-state index in [-0.39, 0.29) is 5.56 Å². The maximum absolute atomic E-state index is 14.9. The van der Waals surface area contributed by atoms with Crippen molar-refractivity contribution in [2.24, 2.45) is 0 Å². The Balaban J connectivity index is 1.99. The Labute approximate surface area is 134 Å². The minimum atomic E-state index is -3.20. The van der Waals surface area contributed by atoms with Gasteiger partial charge in [-0.1, -0.05) is 42.5 Å². The Morgan fingerprint density at radius 3 is 2.39 bits per heavy atom. The van der Waals surface area contributed by atoms with Gasteiger partial charge >= 0.3 is 0 Å². The summed E-state index contributed by atoms with van der Waals surface area (Å²) in [4.78, 5) is 0. The summed E-state index contributed by atoms with van der Waals surface area (Å²) in [5.74, 6) is -3.20. The van der Waals surface area contributed by atoms with Crippen LogP contribution in [0.5, 0.6) is 0 Å². The molecular formula is C19H19F2NO. The van der Waals surface area contributed by atoms with E-state index in [1.54, 1.807) is 36.4 Å². The topological polar surface area (TPSA) is 32.3 Å². The summed E-state index contributed by atoms with van der Waals surface area (Å²) in [7, 11) is 0. The highest BCUT2D eigenvalue weighted by Gasteiger charge is 2.61. The van der Waals surface area contributed by atoms with Crippen LogP contribution < -0.4 is 5.32 Å². The first kappa shape index (κ1) is 14.8. The Morgan fingerprint density at radius 1 is 0.913 bits per heavy atom. The monoisotopic (exact) mass is 315 g/mol. The second kappa shape index (κ2) is 5.11. The van der Waals surface area contributed by atoms with E-state index >= 15 is 0 Å². The molecule has 1 aliphatic heterocycles. The molecule has 1 atom stereocenters. The van der Waals surface area contributed by atoms with Crippen LogP contribution in [0.25, 0.3) is 0 Å². The van der Waals surface area contributed by atoms with Crippen LogP contribution in [0.2, 0.25) is 0 Å². The van der Waals surface area contributed by atoms with E-state index in [9.17, 15) is 13.9 Å². The number of fused-ring (bicyclic) bond motifs is 3. The number of aliphatic hydroxyl groups is 1. The standard InChI is InChI=1S/C19H19F2NO/c20-18(21)12-14-7-6-13-8-10-22-11-9-16(13)17(14)19(18,23)15-4-2-1-3-5-15/h1-7,22-23H,8-12H2. The highest BCUT2D eigenvalue weighted by Crippen LogP contribution is 2.53. The third kappa shape index (κ3) is 2.05. The maximum atomic E-state index is 14.9. The first-order valence-corrected chi connectivity index (χ1v) is 8.04. The maximum Gasteiger partial charge on any atom is 0.288 e. The molecule has 0 spiro atoms. The molecule has 23 heavy (non-hydrogen) atoms. The van der Waals surface area contributed by atoms with Crippen LogP contribution in [0.1, 0.15) is 27.8 Å². The second-order valence-corrected chi connectivity index (χ2v) is 6.45. The fraction of sp³-hybridized carbons (Fsp3) is 0.368. The van der Waals surface area contributed by atoms with Crippen LogP contribution in [0.15, 0.2) is 42.5 Å². The average Bonchev–Trinajstić information content (AvgIpc) is 2.72. The van der Waals surface area contributed by atoms with Gasteiger partial charge in [0.05, 0.1) is 0 Å². The molecule has 2 N–H and O–H groups in total. The van der Waals surface area contributed by atoms with Gasteiger partial charge in [-0.3, -0.25) is 0 Å². The van der Waals surface area contributed by atoms with E-state index in [2.05, 4.69) is 5.32 Å². The third-order valence-electron chi connectivity index (χ3n) is 5.11. The Hall–Kier alpha value is -1.78. The molecule has 4 heteroatoms. The number of hydrogen-bond donors (Lipinski definition) is 2. The lowest BCUT2D eigenvalue weighted by Crippen LogP contribution is -2.43. The quantitative estimate of drug-likeness (QED) is 0.848. The van der Waals surface area contributed by atoms with Gasteiger partial charge in [0.25, 0.3) is 5.92 Å². The molecule has 120 valence electrons. The van der Waals surface area contributed by atoms with Crippen molar-refractivity contribution in [1.82, 2.24) is 5.32 Å². The molecule has 0 saturated heterocycles. The van der Waals surface area contributed by atoms with Crippen LogP contribution in [0, 0.1) is 0 Å². The van der Waals surface area contributed by atoms with Crippen molar-refractivity contribution < 1.29 is 13.9 Å². The number of benzene rings is 2. The fourth-order valence-electron chi connectivity index (χ4n) is 4.00. The van der Waals surface area contributed by atoms with E-state index < -0.39 is 17.9 Å². The summed E-state index contributed by atoms with van der Waals surface area (Å²) < 4.78 is 29.8. The molecule has 0 aromatic heterocycles. The molecule has 0 radical (unpaired) electrons. The van der Waals surface area contributed by atoms with Crippen molar-refractivity contribution in [2.75, 3.05) is 13.1 Å². The summed E-state index contributed by atoms with van der Waals surface area (Å²) in [6.45, 7) is 1.59. The van der Waals surface area contributed by atoms with Crippen molar-refractivity contribution >= 4 is 0 Å². The number of alkyl halides is 2. The predicted molar refractivity (Wildman–Crippen MR) is 84.8 cm³/mol. The Kier molecular flexibility index (Phi) is 3.29. The normalized spacial score (nSPS) is 25.5. The summed E-state index contributed by atoms with van der Waals surface area (Å²) in [6.07, 6.45) is 1.07. The minimum absolute atomic E-state index is 0.273. The van der Waals surface area contributed by atoms with Crippen LogP contribution >= 0.6 is 0 Å². The van der Waals surface area contributed by atoms with Gasteiger partial charge in [0.2, 0.25) is 0 Å². The first-order chi connectivity index (χ1) is 11.0. The van der Waals surface area contributed by atoms with Crippen LogP contribution in [0.4, 0.5) is 8.78 Å². The van der Waals surface area contributed by atoms with Gasteiger partial charge in [0.1, 0.15) is 0 Å². The molecule has 0 amide bonds. The number of rotatable bonds is 1. The van der Waals surface area contributed by atoms with Crippen LogP contribution in [-0.2, 0) is 24.9 Å². The van der Waals surface area contributed by atoms with Crippen molar-refractivity contribution in [1.29, 1.82) is 0 Å². The van der Waals surface area contributed by atoms with E-state index in [0.717, 1.165) is 30.6 Å². The third-order valence-corrected chi connectivity index (χ3v) is 5.11. The van der Waals surface area contributed by atoms with Gasteiger partial charge in [-0.2, -0.15) is 0 Å². The largest absolute Gasteiger partial charge is 0.374 e. The zero-order chi connectivity index (χ0) is 16.1. The smallest absolute Gasteiger partial charge is 0.288 e. The zero-order valence-corrected chi connectivity index (χ0v) is 12.8. The van der Waals surface area contributed by atoms with E-state index in [1.807, 2.05) is 6.07 Å². The Morgan fingerprint density at radius 2 is 1.61 bits per heavy atom. The van der Waals surface area contributed by atoms with Gasteiger partial charge in [-0.05, 0) is 48.2 Å². The van der Waals surface area contributed by atoms with Gasteiger partial charge < -0.3 is 10.4 Å². The van der Waals surface area contributed by atoms with Crippen LogP contribution in [0.3, 0.4) is 0 Å². The van der Waals surface area contributed by atoms with Crippen molar-refractivity contribution in [2.45, 2.75) is 30.8 Å². The lowest BCUT2D eigenvalue weighted by atomic mass is 9.81. The molecule has 4 rings (SSSR count). The van der Waals surface area contributed by atoms with Crippen molar-refractivity contribution in [3.8, 4) is 0 Å². The van der Waals surface area contributed by atoms with Crippen LogP contribution in [-0.4, -0.2) is 24.1 Å². The average molecular weight is 315 g/mol. The van der Waals surface area contributed by atoms with Crippen molar-refractivity contribution in [3.05, 3.63) is 70.3 Å². The Bertz CT molecular complexity index is 745. The van der Waals surface area contributed by atoms with Gasteiger partial charge in [0.15, 0.2) is 5.60 Å². The lowest BCUT2D eigenvalue weighted by molar-refractivity contribution is -0.150. The summed E-state index contributed by atoms with van der Waals surface area (Å²) in [5, 5.41) is 14.5. The molecular weight excluding hydrogens is 296 g/mol. The van der Waals surface area contributed by atoms with E-state index in [0.29, 0.717) is 17.5 Å². The van der Waals surface area contributed by atoms with Gasteiger partial charge in [-0.25, -0.2) is 8.78 Å². The number of halogens is 2. The molecule has 0 fully saturated rings. The zero-order valence-electron chi connectivity index (χ0n) is 12.8.